The topological polar surface area (TPSA) is 87.4 Å². The fraction of sp³-hybridized carbons (Fsp3) is 0.581. The van der Waals surface area contributed by atoms with Crippen LogP contribution in [-0.2, 0) is 43.4 Å². The van der Waals surface area contributed by atoms with Crippen LogP contribution in [0.3, 0.4) is 0 Å². The van der Waals surface area contributed by atoms with Gasteiger partial charge in [0.05, 0.1) is 42.8 Å². The summed E-state index contributed by atoms with van der Waals surface area (Å²) in [6.45, 7) is 13.0. The lowest BCUT2D eigenvalue weighted by atomic mass is 9.92. The second kappa shape index (κ2) is 11.5. The van der Waals surface area contributed by atoms with E-state index >= 15 is 0 Å². The first-order valence-electron chi connectivity index (χ1n) is 14.3. The first-order chi connectivity index (χ1) is 19.1. The van der Waals surface area contributed by atoms with Crippen LogP contribution in [0.15, 0.2) is 30.3 Å². The average Bonchev–Trinajstić information content (AvgIpc) is 3.31. The number of aromatic nitrogens is 3. The molecule has 1 unspecified atom stereocenters. The van der Waals surface area contributed by atoms with Crippen molar-refractivity contribution >= 4 is 17.4 Å². The smallest absolute Gasteiger partial charge is 0.339 e. The van der Waals surface area contributed by atoms with E-state index in [0.717, 1.165) is 50.3 Å². The van der Waals surface area contributed by atoms with Crippen molar-refractivity contribution in [1.29, 1.82) is 0 Å². The number of esters is 1. The third-order valence-corrected chi connectivity index (χ3v) is 7.79. The van der Waals surface area contributed by atoms with Crippen molar-refractivity contribution in [1.82, 2.24) is 14.6 Å². The Labute approximate surface area is 236 Å². The zero-order valence-electron chi connectivity index (χ0n) is 24.7. The number of anilines is 1. The van der Waals surface area contributed by atoms with Gasteiger partial charge >= 0.3 is 5.97 Å². The number of carbonyl (C=O) groups excluding carboxylic acids is 1. The van der Waals surface area contributed by atoms with Crippen LogP contribution in [0.25, 0.3) is 5.65 Å². The lowest BCUT2D eigenvalue weighted by Gasteiger charge is -2.41. The van der Waals surface area contributed by atoms with Crippen molar-refractivity contribution in [3.8, 4) is 0 Å². The van der Waals surface area contributed by atoms with Crippen LogP contribution in [0.2, 0.25) is 0 Å². The molecule has 0 radical (unpaired) electrons. The van der Waals surface area contributed by atoms with Crippen molar-refractivity contribution in [2.75, 3.05) is 31.7 Å². The van der Waals surface area contributed by atoms with Gasteiger partial charge in [0, 0.05) is 31.5 Å². The molecule has 1 atom stereocenters. The maximum absolute atomic E-state index is 13.2. The minimum atomic E-state index is -0.948. The number of benzene rings is 1. The molecular weight excluding hydrogens is 508 g/mol. The second-order valence-corrected chi connectivity index (χ2v) is 12.1. The maximum Gasteiger partial charge on any atom is 0.339 e. The number of hydrogen-bond acceptors (Lipinski definition) is 8. The lowest BCUT2D eigenvalue weighted by Crippen LogP contribution is -2.46. The number of aryl methyl sites for hydroxylation is 2. The van der Waals surface area contributed by atoms with Crippen LogP contribution in [0.4, 0.5) is 5.82 Å². The van der Waals surface area contributed by atoms with Crippen LogP contribution in [-0.4, -0.2) is 58.6 Å². The number of ether oxygens (including phenoxy) is 4. The van der Waals surface area contributed by atoms with Crippen LogP contribution in [0.5, 0.6) is 0 Å². The molecule has 40 heavy (non-hydrogen) atoms. The molecule has 9 heteroatoms. The number of rotatable bonds is 3. The summed E-state index contributed by atoms with van der Waals surface area (Å²) in [6.07, 6.45) is 2.67. The monoisotopic (exact) mass is 550 g/mol. The Morgan fingerprint density at radius 2 is 1.85 bits per heavy atom. The summed E-state index contributed by atoms with van der Waals surface area (Å²) in [5.41, 5.74) is 4.56. The van der Waals surface area contributed by atoms with Crippen LogP contribution < -0.4 is 4.90 Å². The molecule has 0 saturated carbocycles. The molecule has 2 aromatic heterocycles. The third-order valence-electron chi connectivity index (χ3n) is 7.79. The molecule has 5 heterocycles. The summed E-state index contributed by atoms with van der Waals surface area (Å²) in [5.74, 6) is 0.350. The standard InChI is InChI=1S/C31H42N4O5/c1-21-26(27(29(36)37-6)40-30(2,3)4)28-34-15-13-31(5,14-16-34)39-17-9-12-22-10-7-8-11-23(22)19-38-20-24-18-25(32-21)35(28)33-24/h7-8,10-11,18,27H,9,12-17,19-20H2,1-6H3. The van der Waals surface area contributed by atoms with Crippen LogP contribution in [0.1, 0.15) is 81.1 Å². The Morgan fingerprint density at radius 1 is 1.12 bits per heavy atom. The molecule has 3 aliphatic rings. The van der Waals surface area contributed by atoms with E-state index in [1.165, 1.54) is 18.2 Å². The predicted molar refractivity (Wildman–Crippen MR) is 152 cm³/mol. The third kappa shape index (κ3) is 6.16. The van der Waals surface area contributed by atoms with E-state index in [2.05, 4.69) is 36.1 Å². The van der Waals surface area contributed by atoms with Crippen molar-refractivity contribution in [2.24, 2.45) is 0 Å². The minimum absolute atomic E-state index is 0.215. The van der Waals surface area contributed by atoms with Crippen LogP contribution in [0, 0.1) is 6.92 Å². The number of piperidine rings is 1. The molecule has 0 spiro atoms. The Morgan fingerprint density at radius 3 is 2.55 bits per heavy atom. The fourth-order valence-electron chi connectivity index (χ4n) is 5.65. The van der Waals surface area contributed by atoms with E-state index in [4.69, 9.17) is 29.0 Å². The highest BCUT2D eigenvalue weighted by molar-refractivity contribution is 5.80. The van der Waals surface area contributed by atoms with Gasteiger partial charge in [-0.3, -0.25) is 0 Å². The fourth-order valence-corrected chi connectivity index (χ4v) is 5.65. The van der Waals surface area contributed by atoms with Gasteiger partial charge in [0.15, 0.2) is 11.8 Å². The number of fused-ring (bicyclic) bond motifs is 7. The second-order valence-electron chi connectivity index (χ2n) is 12.1. The summed E-state index contributed by atoms with van der Waals surface area (Å²) >= 11 is 0. The number of hydrogen-bond donors (Lipinski definition) is 0. The Bertz CT molecular complexity index is 1350. The van der Waals surface area contributed by atoms with E-state index in [1.54, 1.807) is 0 Å². The van der Waals surface area contributed by atoms with Gasteiger partial charge in [-0.2, -0.15) is 9.61 Å². The summed E-state index contributed by atoms with van der Waals surface area (Å²) in [5, 5.41) is 4.94. The molecule has 9 nitrogen and oxygen atoms in total. The molecular formula is C31H42N4O5. The van der Waals surface area contributed by atoms with E-state index in [0.29, 0.717) is 36.7 Å². The largest absolute Gasteiger partial charge is 0.467 e. The van der Waals surface area contributed by atoms with Crippen molar-refractivity contribution < 1.29 is 23.7 Å². The van der Waals surface area contributed by atoms with Gasteiger partial charge in [-0.15, -0.1) is 0 Å². The summed E-state index contributed by atoms with van der Waals surface area (Å²) < 4.78 is 26.0. The SMILES string of the molecule is COC(=O)C(OC(C)(C)C)c1c(C)nc2cc3nn2c1N1CCC(C)(CC1)OCCCc1ccccc1COC3. The molecule has 216 valence electrons. The molecule has 6 rings (SSSR count). The Kier molecular flexibility index (Phi) is 8.17. The Hall–Kier alpha value is -3.01. The molecule has 1 saturated heterocycles. The minimum Gasteiger partial charge on any atom is -0.467 e. The number of carbonyl (C=O) groups is 1. The zero-order valence-corrected chi connectivity index (χ0v) is 24.7. The number of nitrogens with zero attached hydrogens (tertiary/aromatic N) is 4. The van der Waals surface area contributed by atoms with E-state index in [9.17, 15) is 4.79 Å². The van der Waals surface area contributed by atoms with Crippen molar-refractivity contribution in [3.05, 3.63) is 58.4 Å². The van der Waals surface area contributed by atoms with Crippen molar-refractivity contribution in [2.45, 2.75) is 90.8 Å². The van der Waals surface area contributed by atoms with Crippen LogP contribution >= 0.6 is 0 Å². The molecule has 1 aromatic carbocycles. The summed E-state index contributed by atoms with van der Waals surface area (Å²) in [4.78, 5) is 20.3. The first-order valence-corrected chi connectivity index (χ1v) is 14.3. The normalized spacial score (nSPS) is 18.9. The molecule has 0 amide bonds. The first kappa shape index (κ1) is 28.5. The molecule has 1 fully saturated rings. The molecule has 4 bridgehead atoms. The molecule has 0 aliphatic carbocycles. The van der Waals surface area contributed by atoms with Gasteiger partial charge in [0.1, 0.15) is 5.82 Å². The lowest BCUT2D eigenvalue weighted by molar-refractivity contribution is -0.164. The van der Waals surface area contributed by atoms with Gasteiger partial charge < -0.3 is 23.8 Å². The summed E-state index contributed by atoms with van der Waals surface area (Å²) in [6, 6.07) is 10.4. The highest BCUT2D eigenvalue weighted by Crippen LogP contribution is 2.38. The molecule has 3 aromatic rings. The zero-order chi connectivity index (χ0) is 28.5. The quantitative estimate of drug-likeness (QED) is 0.416. The summed E-state index contributed by atoms with van der Waals surface area (Å²) in [7, 11) is 1.39. The molecule has 3 aliphatic heterocycles. The van der Waals surface area contributed by atoms with Crippen molar-refractivity contribution in [3.63, 3.8) is 0 Å². The Balaban J connectivity index is 1.61. The van der Waals surface area contributed by atoms with E-state index in [1.807, 2.05) is 38.3 Å². The van der Waals surface area contributed by atoms with Gasteiger partial charge in [-0.1, -0.05) is 24.3 Å². The molecule has 0 N–H and O–H groups in total. The predicted octanol–water partition coefficient (Wildman–Crippen LogP) is 5.11. The van der Waals surface area contributed by atoms with Gasteiger partial charge in [0.25, 0.3) is 0 Å². The highest BCUT2D eigenvalue weighted by Gasteiger charge is 2.38. The maximum atomic E-state index is 13.2. The average molecular weight is 551 g/mol. The van der Waals surface area contributed by atoms with E-state index < -0.39 is 17.7 Å². The number of methoxy groups -OCH3 is 1. The van der Waals surface area contributed by atoms with Gasteiger partial charge in [0.2, 0.25) is 0 Å². The highest BCUT2D eigenvalue weighted by atomic mass is 16.6. The van der Waals surface area contributed by atoms with E-state index in [-0.39, 0.29) is 5.60 Å². The van der Waals surface area contributed by atoms with Gasteiger partial charge in [-0.25, -0.2) is 9.78 Å². The van der Waals surface area contributed by atoms with Gasteiger partial charge in [-0.05, 0) is 71.4 Å².